The molecule has 0 rings (SSSR count). The van der Waals surface area contributed by atoms with Gasteiger partial charge in [0.1, 0.15) is 0 Å². The predicted molar refractivity (Wildman–Crippen MR) is 122 cm³/mol. The molecule has 0 aromatic heterocycles. The molecule has 0 saturated heterocycles. The molecule has 0 spiro atoms. The zero-order chi connectivity index (χ0) is 18.6. The van der Waals surface area contributed by atoms with Gasteiger partial charge >= 0.3 is 172 Å². The van der Waals surface area contributed by atoms with Crippen molar-refractivity contribution in [3.63, 3.8) is 0 Å². The molecule has 154 valence electrons. The van der Waals surface area contributed by atoms with Crippen LogP contribution in [0.2, 0.25) is 8.94 Å². The number of rotatable bonds is 20. The van der Waals surface area contributed by atoms with Gasteiger partial charge in [-0.1, -0.05) is 0 Å². The van der Waals surface area contributed by atoms with Gasteiger partial charge < -0.3 is 0 Å². The van der Waals surface area contributed by atoms with E-state index in [1.807, 2.05) is 0 Å². The van der Waals surface area contributed by atoms with Crippen LogP contribution < -0.4 is 0 Å². The van der Waals surface area contributed by atoms with E-state index < -0.39 is 15.9 Å². The fraction of sp³-hybridized carbons (Fsp3) is 1.00. The minimum atomic E-state index is -2.47. The molecule has 0 unspecified atom stereocenters. The molecule has 3 heteroatoms. The van der Waals surface area contributed by atoms with Crippen LogP contribution in [0.3, 0.4) is 0 Å². The van der Waals surface area contributed by atoms with E-state index in [0.717, 1.165) is 0 Å². The molecule has 0 bridgehead atoms. The Morgan fingerprint density at radius 3 is 0.920 bits per heavy atom. The van der Waals surface area contributed by atoms with Gasteiger partial charge in [-0.15, -0.1) is 0 Å². The zero-order valence-electron chi connectivity index (χ0n) is 17.3. The van der Waals surface area contributed by atoms with E-state index in [9.17, 15) is 0 Å². The van der Waals surface area contributed by atoms with E-state index >= 15 is 0 Å². The van der Waals surface area contributed by atoms with E-state index in [0.29, 0.717) is 0 Å². The van der Waals surface area contributed by atoms with E-state index in [-0.39, 0.29) is 0 Å². The second-order valence-corrected chi connectivity index (χ2v) is 23.1. The Morgan fingerprint density at radius 2 is 0.640 bits per heavy atom. The SMILES string of the molecule is CCCCCCCCCCC[Te](Cl)(Cl)CCCCCCCCCCC. The summed E-state index contributed by atoms with van der Waals surface area (Å²) in [4.78, 5) is 0. The van der Waals surface area contributed by atoms with Crippen molar-refractivity contribution in [3.05, 3.63) is 0 Å². The van der Waals surface area contributed by atoms with Gasteiger partial charge in [0.05, 0.1) is 0 Å². The second-order valence-electron chi connectivity index (χ2n) is 7.76. The van der Waals surface area contributed by atoms with Gasteiger partial charge in [-0.25, -0.2) is 0 Å². The van der Waals surface area contributed by atoms with Crippen LogP contribution in [-0.4, -0.2) is 15.9 Å². The first-order valence-corrected chi connectivity index (χ1v) is 20.5. The summed E-state index contributed by atoms with van der Waals surface area (Å²) in [6.45, 7) is 4.56. The van der Waals surface area contributed by atoms with Gasteiger partial charge in [0.15, 0.2) is 0 Å². The van der Waals surface area contributed by atoms with Crippen molar-refractivity contribution in [1.29, 1.82) is 0 Å². The Bertz CT molecular complexity index is 232. The molecule has 0 saturated carbocycles. The molecule has 0 heterocycles. The third-order valence-corrected chi connectivity index (χ3v) is 14.3. The van der Waals surface area contributed by atoms with Crippen LogP contribution >= 0.6 is 17.9 Å². The summed E-state index contributed by atoms with van der Waals surface area (Å²) in [5, 5.41) is 0. The van der Waals surface area contributed by atoms with E-state index in [1.165, 1.54) is 125 Å². The first-order chi connectivity index (χ1) is 12.1. The Balaban J connectivity index is 3.32. The van der Waals surface area contributed by atoms with Crippen molar-refractivity contribution in [2.75, 3.05) is 0 Å². The van der Waals surface area contributed by atoms with Gasteiger partial charge in [-0.3, -0.25) is 0 Å². The zero-order valence-corrected chi connectivity index (χ0v) is 21.1. The molecule has 0 atom stereocenters. The van der Waals surface area contributed by atoms with Crippen LogP contribution in [0.1, 0.15) is 129 Å². The third kappa shape index (κ3) is 21.5. The van der Waals surface area contributed by atoms with Crippen LogP contribution in [0.15, 0.2) is 0 Å². The topological polar surface area (TPSA) is 0 Å². The molecule has 0 nitrogen and oxygen atoms in total. The van der Waals surface area contributed by atoms with Crippen molar-refractivity contribution in [1.82, 2.24) is 0 Å². The van der Waals surface area contributed by atoms with Crippen molar-refractivity contribution in [2.24, 2.45) is 0 Å². The minimum absolute atomic E-state index is 1.17. The van der Waals surface area contributed by atoms with E-state index in [4.69, 9.17) is 17.9 Å². The molecule has 0 fully saturated rings. The fourth-order valence-corrected chi connectivity index (χ4v) is 10.4. The number of hydrogen-bond donors (Lipinski definition) is 0. The summed E-state index contributed by atoms with van der Waals surface area (Å²) in [7, 11) is 13.4. The fourth-order valence-electron chi connectivity index (χ4n) is 3.35. The quantitative estimate of drug-likeness (QED) is 0.113. The summed E-state index contributed by atoms with van der Waals surface area (Å²) in [6.07, 6.45) is 24.9. The Morgan fingerprint density at radius 1 is 0.400 bits per heavy atom. The average molecular weight is 509 g/mol. The van der Waals surface area contributed by atoms with Crippen molar-refractivity contribution >= 4 is 33.9 Å². The summed E-state index contributed by atoms with van der Waals surface area (Å²) in [5.41, 5.74) is 0. The van der Waals surface area contributed by atoms with Gasteiger partial charge in [0.25, 0.3) is 0 Å². The van der Waals surface area contributed by atoms with Gasteiger partial charge in [0.2, 0.25) is 0 Å². The summed E-state index contributed by atoms with van der Waals surface area (Å²) >= 11 is -2.47. The molecule has 0 radical (unpaired) electrons. The number of halogens is 2. The van der Waals surface area contributed by atoms with Gasteiger partial charge in [-0.2, -0.15) is 0 Å². The monoisotopic (exact) mass is 510 g/mol. The van der Waals surface area contributed by atoms with Crippen LogP contribution in [-0.2, 0) is 0 Å². The molecular weight excluding hydrogens is 463 g/mol. The average Bonchev–Trinajstić information content (AvgIpc) is 2.59. The molecule has 0 aromatic rings. The molecule has 0 aliphatic heterocycles. The van der Waals surface area contributed by atoms with Crippen molar-refractivity contribution in [3.8, 4) is 0 Å². The molecule has 25 heavy (non-hydrogen) atoms. The molecule has 0 amide bonds. The molecule has 0 aromatic carbocycles. The first-order valence-electron chi connectivity index (χ1n) is 11.3. The normalized spacial score (nSPS) is 12.6. The Kier molecular flexibility index (Phi) is 21.2. The van der Waals surface area contributed by atoms with Gasteiger partial charge in [-0.05, 0) is 0 Å². The van der Waals surface area contributed by atoms with Crippen LogP contribution in [0.5, 0.6) is 0 Å². The number of unbranched alkanes of at least 4 members (excludes halogenated alkanes) is 16. The summed E-state index contributed by atoms with van der Waals surface area (Å²) in [5.74, 6) is 0. The van der Waals surface area contributed by atoms with Crippen molar-refractivity contribution < 1.29 is 0 Å². The van der Waals surface area contributed by atoms with Crippen LogP contribution in [0.25, 0.3) is 0 Å². The van der Waals surface area contributed by atoms with Crippen molar-refractivity contribution in [2.45, 2.75) is 138 Å². The Labute approximate surface area is 171 Å². The first kappa shape index (κ1) is 26.4. The standard InChI is InChI=1S/C22H46Cl2Te/c1-3-5-7-9-11-13-15-17-19-21-25(23,24)22-20-18-16-14-12-10-8-6-4-2/h3-22H2,1-2H3. The third-order valence-electron chi connectivity index (χ3n) is 5.09. The number of hydrogen-bond acceptors (Lipinski definition) is 0. The van der Waals surface area contributed by atoms with E-state index in [1.54, 1.807) is 0 Å². The maximum atomic E-state index is 6.69. The predicted octanol–water partition coefficient (Wildman–Crippen LogP) is 9.97. The van der Waals surface area contributed by atoms with Gasteiger partial charge in [0, 0.05) is 0 Å². The molecule has 0 aliphatic carbocycles. The molecule has 0 N–H and O–H groups in total. The second kappa shape index (κ2) is 20.1. The van der Waals surface area contributed by atoms with Crippen LogP contribution in [0.4, 0.5) is 0 Å². The summed E-state index contributed by atoms with van der Waals surface area (Å²) < 4.78 is 2.33. The summed E-state index contributed by atoms with van der Waals surface area (Å²) in [6, 6.07) is 0. The Hall–Kier alpha value is 1.37. The molecule has 0 aliphatic rings. The van der Waals surface area contributed by atoms with E-state index in [2.05, 4.69) is 13.8 Å². The van der Waals surface area contributed by atoms with Crippen LogP contribution in [0, 0.1) is 0 Å². The molecular formula is C22H46Cl2Te. The maximum absolute atomic E-state index is 6.69.